The Labute approximate surface area is 138 Å². The molecule has 0 spiro atoms. The molecule has 2 heterocycles. The van der Waals surface area contributed by atoms with Gasteiger partial charge in [-0.2, -0.15) is 0 Å². The lowest BCUT2D eigenvalue weighted by atomic mass is 10.1. The van der Waals surface area contributed by atoms with Crippen molar-refractivity contribution >= 4 is 40.1 Å². The molecule has 0 amide bonds. The van der Waals surface area contributed by atoms with Gasteiger partial charge in [-0.1, -0.05) is 42.3 Å². The first-order valence-electron chi connectivity index (χ1n) is 6.95. The molecule has 114 valence electrons. The van der Waals surface area contributed by atoms with E-state index in [-0.39, 0.29) is 11.7 Å². The quantitative estimate of drug-likeness (QED) is 0.871. The molecule has 1 aromatic heterocycles. The Morgan fingerprint density at radius 1 is 1.32 bits per heavy atom. The number of aromatic hydroxyl groups is 1. The molecular weight excluding hydrogens is 321 g/mol. The predicted octanol–water partition coefficient (Wildman–Crippen LogP) is 2.82. The Bertz CT molecular complexity index is 883. The SMILES string of the molecule is C/C1=c2\ncn(-c3cccc(O)c3Cl)\c2=C/CC(C)C(Cl)=N1. The molecule has 1 unspecified atom stereocenters. The number of halogens is 2. The van der Waals surface area contributed by atoms with Crippen LogP contribution < -0.4 is 10.7 Å². The summed E-state index contributed by atoms with van der Waals surface area (Å²) in [4.78, 5) is 8.86. The lowest BCUT2D eigenvalue weighted by Gasteiger charge is -2.10. The summed E-state index contributed by atoms with van der Waals surface area (Å²) in [7, 11) is 0. The number of benzene rings is 1. The molecule has 2 aromatic rings. The average Bonchev–Trinajstić information content (AvgIpc) is 2.90. The highest BCUT2D eigenvalue weighted by Gasteiger charge is 2.14. The second-order valence-corrected chi connectivity index (χ2v) is 6.08. The fourth-order valence-electron chi connectivity index (χ4n) is 2.43. The van der Waals surface area contributed by atoms with Crippen LogP contribution >= 0.6 is 23.2 Å². The minimum absolute atomic E-state index is 0.0441. The second kappa shape index (κ2) is 5.78. The van der Waals surface area contributed by atoms with Crippen LogP contribution in [-0.4, -0.2) is 19.8 Å². The Kier molecular flexibility index (Phi) is 3.98. The maximum absolute atomic E-state index is 9.81. The molecule has 0 radical (unpaired) electrons. The summed E-state index contributed by atoms with van der Waals surface area (Å²) >= 11 is 12.4. The summed E-state index contributed by atoms with van der Waals surface area (Å²) in [5.41, 5.74) is 1.44. The highest BCUT2D eigenvalue weighted by Crippen LogP contribution is 2.28. The van der Waals surface area contributed by atoms with E-state index in [0.29, 0.717) is 15.9 Å². The zero-order valence-electron chi connectivity index (χ0n) is 12.2. The fraction of sp³-hybridized carbons (Fsp3) is 0.250. The first-order valence-corrected chi connectivity index (χ1v) is 7.71. The van der Waals surface area contributed by atoms with Crippen LogP contribution in [0.1, 0.15) is 20.3 Å². The van der Waals surface area contributed by atoms with E-state index in [1.165, 1.54) is 0 Å². The molecule has 1 aliphatic heterocycles. The fourth-order valence-corrected chi connectivity index (χ4v) is 2.86. The predicted molar refractivity (Wildman–Crippen MR) is 90.1 cm³/mol. The third-order valence-electron chi connectivity index (χ3n) is 3.71. The molecule has 1 aliphatic rings. The van der Waals surface area contributed by atoms with Gasteiger partial charge in [0, 0.05) is 5.92 Å². The number of aliphatic imine (C=N–C) groups is 1. The molecule has 0 bridgehead atoms. The van der Waals surface area contributed by atoms with E-state index in [0.717, 1.165) is 22.8 Å². The molecular formula is C16H15Cl2N3O. The van der Waals surface area contributed by atoms with E-state index >= 15 is 0 Å². The average molecular weight is 336 g/mol. The van der Waals surface area contributed by atoms with Crippen molar-refractivity contribution in [3.63, 3.8) is 0 Å². The van der Waals surface area contributed by atoms with Gasteiger partial charge in [-0.05, 0) is 25.5 Å². The molecule has 0 saturated heterocycles. The summed E-state index contributed by atoms with van der Waals surface area (Å²) in [5, 5.41) is 12.4. The largest absolute Gasteiger partial charge is 0.506 e. The Hall–Kier alpha value is -1.78. The first-order chi connectivity index (χ1) is 10.5. The van der Waals surface area contributed by atoms with Gasteiger partial charge in [0.1, 0.15) is 27.6 Å². The number of phenols is 1. The minimum atomic E-state index is 0.0441. The topological polar surface area (TPSA) is 50.4 Å². The van der Waals surface area contributed by atoms with E-state index in [2.05, 4.69) is 16.1 Å². The van der Waals surface area contributed by atoms with E-state index < -0.39 is 0 Å². The van der Waals surface area contributed by atoms with Crippen molar-refractivity contribution in [1.82, 2.24) is 9.55 Å². The number of fused-ring (bicyclic) bond motifs is 1. The molecule has 0 saturated carbocycles. The number of nitrogens with zero attached hydrogens (tertiary/aromatic N) is 3. The van der Waals surface area contributed by atoms with Crippen molar-refractivity contribution < 1.29 is 5.11 Å². The number of rotatable bonds is 1. The zero-order chi connectivity index (χ0) is 15.9. The molecule has 0 aliphatic carbocycles. The van der Waals surface area contributed by atoms with Crippen LogP contribution in [0.5, 0.6) is 5.75 Å². The van der Waals surface area contributed by atoms with Gasteiger partial charge in [0.15, 0.2) is 0 Å². The van der Waals surface area contributed by atoms with Crippen LogP contribution in [0.25, 0.3) is 17.5 Å². The second-order valence-electron chi connectivity index (χ2n) is 5.32. The van der Waals surface area contributed by atoms with Crippen LogP contribution in [-0.2, 0) is 0 Å². The van der Waals surface area contributed by atoms with Crippen LogP contribution in [0.3, 0.4) is 0 Å². The maximum Gasteiger partial charge on any atom is 0.136 e. The summed E-state index contributed by atoms with van der Waals surface area (Å²) in [5.74, 6) is 0.190. The molecule has 4 nitrogen and oxygen atoms in total. The normalized spacial score (nSPS) is 22.1. The van der Waals surface area contributed by atoms with Crippen LogP contribution in [0.4, 0.5) is 0 Å². The molecule has 1 N–H and O–H groups in total. The Morgan fingerprint density at radius 3 is 2.86 bits per heavy atom. The zero-order valence-corrected chi connectivity index (χ0v) is 13.7. The number of hydrogen-bond donors (Lipinski definition) is 1. The lowest BCUT2D eigenvalue weighted by Crippen LogP contribution is -2.32. The van der Waals surface area contributed by atoms with Gasteiger partial charge in [0.25, 0.3) is 0 Å². The molecule has 1 aromatic carbocycles. The van der Waals surface area contributed by atoms with Crippen molar-refractivity contribution in [1.29, 1.82) is 0 Å². The molecule has 22 heavy (non-hydrogen) atoms. The van der Waals surface area contributed by atoms with Gasteiger partial charge in [-0.25, -0.2) is 9.98 Å². The van der Waals surface area contributed by atoms with Crippen LogP contribution in [0, 0.1) is 5.92 Å². The number of phenolic OH excluding ortho intramolecular Hbond substituents is 1. The van der Waals surface area contributed by atoms with E-state index in [1.807, 2.05) is 24.5 Å². The van der Waals surface area contributed by atoms with Gasteiger partial charge in [-0.15, -0.1) is 0 Å². The third-order valence-corrected chi connectivity index (χ3v) is 4.55. The van der Waals surface area contributed by atoms with E-state index in [9.17, 15) is 5.11 Å². The highest BCUT2D eigenvalue weighted by molar-refractivity contribution is 6.66. The van der Waals surface area contributed by atoms with Crippen molar-refractivity contribution in [3.05, 3.63) is 40.2 Å². The van der Waals surface area contributed by atoms with Crippen LogP contribution in [0.15, 0.2) is 29.5 Å². The van der Waals surface area contributed by atoms with Crippen molar-refractivity contribution in [2.24, 2.45) is 10.9 Å². The summed E-state index contributed by atoms with van der Waals surface area (Å²) in [6.45, 7) is 3.91. The van der Waals surface area contributed by atoms with Gasteiger partial charge in [-0.3, -0.25) is 4.57 Å². The summed E-state index contributed by atoms with van der Waals surface area (Å²) < 4.78 is 1.86. The van der Waals surface area contributed by atoms with Gasteiger partial charge < -0.3 is 5.11 Å². The van der Waals surface area contributed by atoms with Crippen molar-refractivity contribution in [2.75, 3.05) is 0 Å². The van der Waals surface area contributed by atoms with E-state index in [4.69, 9.17) is 23.2 Å². The van der Waals surface area contributed by atoms with Crippen LogP contribution in [0.2, 0.25) is 5.02 Å². The standard InChI is InChI=1S/C16H15Cl2N3O/c1-9-6-7-12-15(10(2)20-16(9)18)19-8-21(12)11-4-3-5-13(22)14(11)17/h3-5,7-9,22H,6H2,1-2H3/b12-7-,15-10+,20-16?. The number of aromatic nitrogens is 2. The van der Waals surface area contributed by atoms with E-state index in [1.54, 1.807) is 18.5 Å². The molecule has 1 atom stereocenters. The monoisotopic (exact) mass is 335 g/mol. The number of imidazole rings is 1. The molecule has 0 fully saturated rings. The third kappa shape index (κ3) is 2.53. The van der Waals surface area contributed by atoms with Crippen molar-refractivity contribution in [2.45, 2.75) is 20.3 Å². The van der Waals surface area contributed by atoms with Gasteiger partial charge in [0.2, 0.25) is 0 Å². The maximum atomic E-state index is 9.81. The molecule has 6 heteroatoms. The highest BCUT2D eigenvalue weighted by atomic mass is 35.5. The first kappa shape index (κ1) is 15.1. The number of hydrogen-bond acceptors (Lipinski definition) is 3. The Balaban J connectivity index is 2.32. The molecule has 3 rings (SSSR count). The Morgan fingerprint density at radius 2 is 2.09 bits per heavy atom. The minimum Gasteiger partial charge on any atom is -0.506 e. The van der Waals surface area contributed by atoms with Crippen molar-refractivity contribution in [3.8, 4) is 11.4 Å². The van der Waals surface area contributed by atoms with Gasteiger partial charge >= 0.3 is 0 Å². The summed E-state index contributed by atoms with van der Waals surface area (Å²) in [6.07, 6.45) is 4.52. The van der Waals surface area contributed by atoms with Gasteiger partial charge in [0.05, 0.1) is 16.7 Å². The lowest BCUT2D eigenvalue weighted by molar-refractivity contribution is 0.475. The summed E-state index contributed by atoms with van der Waals surface area (Å²) in [6, 6.07) is 5.14. The smallest absolute Gasteiger partial charge is 0.136 e.